The van der Waals surface area contributed by atoms with Crippen molar-refractivity contribution in [3.63, 3.8) is 0 Å². The van der Waals surface area contributed by atoms with Crippen molar-refractivity contribution in [3.05, 3.63) is 78.2 Å². The van der Waals surface area contributed by atoms with Crippen molar-refractivity contribution in [2.45, 2.75) is 32.4 Å². The highest BCUT2D eigenvalue weighted by Crippen LogP contribution is 2.31. The van der Waals surface area contributed by atoms with Gasteiger partial charge in [0, 0.05) is 43.0 Å². The van der Waals surface area contributed by atoms with Gasteiger partial charge >= 0.3 is 0 Å². The van der Waals surface area contributed by atoms with E-state index >= 15 is 0 Å². The molecular formula is C27H28N6O. The number of aromatic nitrogens is 3. The van der Waals surface area contributed by atoms with Gasteiger partial charge in [-0.3, -0.25) is 0 Å². The number of nitrogens with one attached hydrogen (secondary N) is 1. The Balaban J connectivity index is 1.35. The SMILES string of the molecule is CCOc1cc(-c2ccc(N3CCCC(NCc4ccccc4)C3)nc2)c2c(C#N)cnn2c1. The summed E-state index contributed by atoms with van der Waals surface area (Å²) in [4.78, 5) is 7.15. The van der Waals surface area contributed by atoms with Crippen LogP contribution in [0.1, 0.15) is 30.9 Å². The predicted molar refractivity (Wildman–Crippen MR) is 133 cm³/mol. The van der Waals surface area contributed by atoms with Gasteiger partial charge in [-0.15, -0.1) is 0 Å². The molecule has 0 spiro atoms. The van der Waals surface area contributed by atoms with Crippen LogP contribution in [0.15, 0.2) is 67.1 Å². The average molecular weight is 453 g/mol. The lowest BCUT2D eigenvalue weighted by atomic mass is 10.0. The number of anilines is 1. The zero-order valence-electron chi connectivity index (χ0n) is 19.3. The number of hydrogen-bond donors (Lipinski definition) is 1. The highest BCUT2D eigenvalue weighted by atomic mass is 16.5. The van der Waals surface area contributed by atoms with E-state index in [4.69, 9.17) is 9.72 Å². The summed E-state index contributed by atoms with van der Waals surface area (Å²) in [5, 5.41) is 17.6. The summed E-state index contributed by atoms with van der Waals surface area (Å²) in [6.07, 6.45) is 7.58. The molecule has 1 fully saturated rings. The largest absolute Gasteiger partial charge is 0.492 e. The van der Waals surface area contributed by atoms with Crippen LogP contribution in [-0.2, 0) is 6.54 Å². The van der Waals surface area contributed by atoms with E-state index < -0.39 is 0 Å². The van der Waals surface area contributed by atoms with Crippen LogP contribution in [0.5, 0.6) is 5.75 Å². The number of hydrogen-bond acceptors (Lipinski definition) is 6. The molecule has 0 bridgehead atoms. The van der Waals surface area contributed by atoms with Gasteiger partial charge in [-0.1, -0.05) is 30.3 Å². The molecule has 7 nitrogen and oxygen atoms in total. The molecule has 1 aromatic carbocycles. The first-order chi connectivity index (χ1) is 16.7. The summed E-state index contributed by atoms with van der Waals surface area (Å²) in [5.41, 5.74) is 4.43. The number of rotatable bonds is 7. The fraction of sp³-hybridized carbons (Fsp3) is 0.296. The Morgan fingerprint density at radius 1 is 1.18 bits per heavy atom. The van der Waals surface area contributed by atoms with Gasteiger partial charge in [0.15, 0.2) is 0 Å². The maximum Gasteiger partial charge on any atom is 0.138 e. The predicted octanol–water partition coefficient (Wildman–Crippen LogP) is 4.43. The quantitative estimate of drug-likeness (QED) is 0.447. The third kappa shape index (κ3) is 4.59. The Morgan fingerprint density at radius 3 is 2.82 bits per heavy atom. The lowest BCUT2D eigenvalue weighted by molar-refractivity contribution is 0.338. The number of piperidine rings is 1. The van der Waals surface area contributed by atoms with E-state index in [2.05, 4.69) is 57.8 Å². The Morgan fingerprint density at radius 2 is 2.06 bits per heavy atom. The van der Waals surface area contributed by atoms with Crippen molar-refractivity contribution >= 4 is 11.3 Å². The van der Waals surface area contributed by atoms with E-state index in [1.807, 2.05) is 25.3 Å². The average Bonchev–Trinajstić information content (AvgIpc) is 3.31. The molecule has 1 saturated heterocycles. The van der Waals surface area contributed by atoms with Crippen LogP contribution >= 0.6 is 0 Å². The van der Waals surface area contributed by atoms with Crippen LogP contribution < -0.4 is 15.0 Å². The molecule has 4 aromatic rings. The second-order valence-electron chi connectivity index (χ2n) is 8.54. The van der Waals surface area contributed by atoms with E-state index in [0.717, 1.165) is 48.5 Å². The summed E-state index contributed by atoms with van der Waals surface area (Å²) in [5.74, 6) is 1.69. The smallest absolute Gasteiger partial charge is 0.138 e. The zero-order valence-corrected chi connectivity index (χ0v) is 19.3. The molecule has 0 amide bonds. The molecule has 1 aliphatic heterocycles. The van der Waals surface area contributed by atoms with Crippen molar-refractivity contribution in [2.75, 3.05) is 24.6 Å². The Bertz CT molecular complexity index is 1290. The van der Waals surface area contributed by atoms with Crippen molar-refractivity contribution in [1.29, 1.82) is 5.26 Å². The van der Waals surface area contributed by atoms with Crippen molar-refractivity contribution in [2.24, 2.45) is 0 Å². The zero-order chi connectivity index (χ0) is 23.3. The topological polar surface area (TPSA) is 78.5 Å². The highest BCUT2D eigenvalue weighted by molar-refractivity contribution is 5.85. The molecule has 5 rings (SSSR count). The third-order valence-corrected chi connectivity index (χ3v) is 6.26. The molecule has 3 aromatic heterocycles. The third-order valence-electron chi connectivity index (χ3n) is 6.26. The first-order valence-electron chi connectivity index (χ1n) is 11.8. The molecule has 34 heavy (non-hydrogen) atoms. The van der Waals surface area contributed by atoms with Gasteiger partial charge in [0.25, 0.3) is 0 Å². The number of ether oxygens (including phenoxy) is 1. The molecule has 7 heteroatoms. The van der Waals surface area contributed by atoms with Gasteiger partial charge in [0.2, 0.25) is 0 Å². The molecule has 0 aliphatic carbocycles. The van der Waals surface area contributed by atoms with Crippen LogP contribution in [0.25, 0.3) is 16.6 Å². The molecule has 1 atom stereocenters. The van der Waals surface area contributed by atoms with Crippen molar-refractivity contribution < 1.29 is 4.74 Å². The first-order valence-corrected chi connectivity index (χ1v) is 11.8. The minimum absolute atomic E-state index is 0.433. The van der Waals surface area contributed by atoms with Gasteiger partial charge in [0.1, 0.15) is 17.6 Å². The molecular weight excluding hydrogens is 424 g/mol. The molecule has 1 unspecified atom stereocenters. The number of nitrogens with zero attached hydrogens (tertiary/aromatic N) is 5. The van der Waals surface area contributed by atoms with E-state index in [9.17, 15) is 5.26 Å². The van der Waals surface area contributed by atoms with Crippen LogP contribution in [0.3, 0.4) is 0 Å². The minimum Gasteiger partial charge on any atom is -0.492 e. The molecule has 1 N–H and O–H groups in total. The van der Waals surface area contributed by atoms with Crippen molar-refractivity contribution in [3.8, 4) is 22.9 Å². The molecule has 0 radical (unpaired) electrons. The van der Waals surface area contributed by atoms with E-state index in [0.29, 0.717) is 24.0 Å². The van der Waals surface area contributed by atoms with Crippen LogP contribution in [0, 0.1) is 11.3 Å². The summed E-state index contributed by atoms with van der Waals surface area (Å²) >= 11 is 0. The van der Waals surface area contributed by atoms with Gasteiger partial charge in [-0.2, -0.15) is 10.4 Å². The van der Waals surface area contributed by atoms with E-state index in [-0.39, 0.29) is 0 Å². The number of nitriles is 1. The van der Waals surface area contributed by atoms with Gasteiger partial charge in [0.05, 0.1) is 30.1 Å². The fourth-order valence-corrected chi connectivity index (χ4v) is 4.59. The first kappa shape index (κ1) is 21.9. The molecule has 4 heterocycles. The maximum absolute atomic E-state index is 9.56. The normalized spacial score (nSPS) is 15.9. The highest BCUT2D eigenvalue weighted by Gasteiger charge is 2.21. The summed E-state index contributed by atoms with van der Waals surface area (Å²) < 4.78 is 7.43. The minimum atomic E-state index is 0.433. The summed E-state index contributed by atoms with van der Waals surface area (Å²) in [6, 6.07) is 19.3. The maximum atomic E-state index is 9.56. The standard InChI is InChI=1S/C27H28N6O/c1-2-34-24-13-25(27-22(14-28)17-31-33(27)19-24)21-10-11-26(30-16-21)32-12-6-9-23(18-32)29-15-20-7-4-3-5-8-20/h3-5,7-8,10-11,13,16-17,19,23,29H,2,6,9,12,15,18H2,1H3. The second kappa shape index (κ2) is 9.94. The number of pyridine rings is 2. The lowest BCUT2D eigenvalue weighted by Crippen LogP contribution is -2.45. The summed E-state index contributed by atoms with van der Waals surface area (Å²) in [6.45, 7) is 5.32. The Kier molecular flexibility index (Phi) is 6.41. The number of benzene rings is 1. The van der Waals surface area contributed by atoms with Crippen LogP contribution in [0.2, 0.25) is 0 Å². The van der Waals surface area contributed by atoms with Crippen LogP contribution in [0.4, 0.5) is 5.82 Å². The molecule has 1 aliphatic rings. The lowest BCUT2D eigenvalue weighted by Gasteiger charge is -2.34. The second-order valence-corrected chi connectivity index (χ2v) is 8.54. The van der Waals surface area contributed by atoms with Gasteiger partial charge in [-0.25, -0.2) is 9.50 Å². The number of fused-ring (bicyclic) bond motifs is 1. The monoisotopic (exact) mass is 452 g/mol. The summed E-state index contributed by atoms with van der Waals surface area (Å²) in [7, 11) is 0. The van der Waals surface area contributed by atoms with Gasteiger partial charge < -0.3 is 15.0 Å². The Labute approximate surface area is 199 Å². The van der Waals surface area contributed by atoms with Crippen molar-refractivity contribution in [1.82, 2.24) is 19.9 Å². The van der Waals surface area contributed by atoms with E-state index in [1.165, 1.54) is 12.0 Å². The fourth-order valence-electron chi connectivity index (χ4n) is 4.59. The molecule has 172 valence electrons. The molecule has 0 saturated carbocycles. The van der Waals surface area contributed by atoms with Gasteiger partial charge in [-0.05, 0) is 43.5 Å². The Hall–Kier alpha value is -3.89. The van der Waals surface area contributed by atoms with E-state index in [1.54, 1.807) is 16.9 Å². The van der Waals surface area contributed by atoms with Crippen LogP contribution in [-0.4, -0.2) is 40.3 Å².